The lowest BCUT2D eigenvalue weighted by molar-refractivity contribution is 0.0739. The van der Waals surface area contributed by atoms with Gasteiger partial charge in [0.05, 0.1) is 11.1 Å². The predicted octanol–water partition coefficient (Wildman–Crippen LogP) is 3.38. The summed E-state index contributed by atoms with van der Waals surface area (Å²) in [5.74, 6) is -7.33. The van der Waals surface area contributed by atoms with Crippen LogP contribution in [-0.2, 0) is 0 Å². The Labute approximate surface area is 183 Å². The van der Waals surface area contributed by atoms with Crippen LogP contribution in [0.2, 0.25) is 0 Å². The summed E-state index contributed by atoms with van der Waals surface area (Å²) in [6, 6.07) is 3.72. The first kappa shape index (κ1) is 23.5. The molecule has 0 saturated carbocycles. The molecule has 2 heterocycles. The second-order valence-corrected chi connectivity index (χ2v) is 7.97. The first-order chi connectivity index (χ1) is 15.2. The number of nitrogens with one attached hydrogen (secondary N) is 1. The van der Waals surface area contributed by atoms with Crippen LogP contribution in [0, 0.1) is 29.2 Å². The Bertz CT molecular complexity index is 990. The Balaban J connectivity index is 1.59. The van der Waals surface area contributed by atoms with Crippen molar-refractivity contribution in [3.8, 4) is 0 Å². The number of rotatable bonds is 6. The zero-order valence-electron chi connectivity index (χ0n) is 17.8. The van der Waals surface area contributed by atoms with Gasteiger partial charge in [0.1, 0.15) is 5.82 Å². The predicted molar refractivity (Wildman–Crippen MR) is 110 cm³/mol. The Morgan fingerprint density at radius 1 is 1.03 bits per heavy atom. The fraction of sp³-hybridized carbons (Fsp3) is 0.409. The van der Waals surface area contributed by atoms with Crippen LogP contribution in [0.25, 0.3) is 0 Å². The molecule has 172 valence electrons. The van der Waals surface area contributed by atoms with Gasteiger partial charge in [-0.25, -0.2) is 22.5 Å². The number of piperazine rings is 1. The molecule has 2 aromatic rings. The van der Waals surface area contributed by atoms with Gasteiger partial charge in [0.25, 0.3) is 11.8 Å². The Morgan fingerprint density at radius 3 is 2.31 bits per heavy atom. The van der Waals surface area contributed by atoms with Gasteiger partial charge >= 0.3 is 0 Å². The van der Waals surface area contributed by atoms with Crippen molar-refractivity contribution in [3.05, 3.63) is 58.8 Å². The van der Waals surface area contributed by atoms with Crippen molar-refractivity contribution in [1.82, 2.24) is 15.2 Å². The van der Waals surface area contributed by atoms with Gasteiger partial charge in [0.15, 0.2) is 23.3 Å². The average molecular weight is 452 g/mol. The number of aromatic nitrogens is 1. The van der Waals surface area contributed by atoms with E-state index in [0.29, 0.717) is 43.0 Å². The quantitative estimate of drug-likeness (QED) is 0.415. The number of carbonyl (C=O) groups excluding carboxylic acids is 2. The lowest BCUT2D eigenvalue weighted by Gasteiger charge is -2.35. The van der Waals surface area contributed by atoms with Gasteiger partial charge in [-0.05, 0) is 30.5 Å². The van der Waals surface area contributed by atoms with Crippen LogP contribution in [-0.4, -0.2) is 54.4 Å². The first-order valence-electron chi connectivity index (χ1n) is 10.3. The molecule has 32 heavy (non-hydrogen) atoms. The molecule has 6 nitrogen and oxygen atoms in total. The van der Waals surface area contributed by atoms with Crippen molar-refractivity contribution in [2.75, 3.05) is 37.6 Å². The summed E-state index contributed by atoms with van der Waals surface area (Å²) >= 11 is 0. The maximum absolute atomic E-state index is 13.9. The maximum atomic E-state index is 13.9. The highest BCUT2D eigenvalue weighted by molar-refractivity contribution is 5.95. The van der Waals surface area contributed by atoms with Crippen molar-refractivity contribution >= 4 is 17.6 Å². The number of hydrogen-bond acceptors (Lipinski definition) is 4. The SMILES string of the molecule is CC(C)CCNC(=O)c1ccc(N2CCN(C(=O)c3cc(F)c(F)c(F)c3F)CC2)nc1. The van der Waals surface area contributed by atoms with E-state index in [9.17, 15) is 27.2 Å². The minimum atomic E-state index is -2.01. The summed E-state index contributed by atoms with van der Waals surface area (Å²) in [6.45, 7) is 5.71. The van der Waals surface area contributed by atoms with Gasteiger partial charge in [-0.3, -0.25) is 9.59 Å². The molecule has 1 saturated heterocycles. The Morgan fingerprint density at radius 2 is 1.72 bits per heavy atom. The number of pyridine rings is 1. The minimum Gasteiger partial charge on any atom is -0.353 e. The van der Waals surface area contributed by atoms with E-state index in [4.69, 9.17) is 0 Å². The maximum Gasteiger partial charge on any atom is 0.257 e. The molecule has 10 heteroatoms. The number of hydrogen-bond donors (Lipinski definition) is 1. The third kappa shape index (κ3) is 5.17. The lowest BCUT2D eigenvalue weighted by Crippen LogP contribution is -2.49. The Hall–Kier alpha value is -3.17. The number of amides is 2. The molecule has 1 aliphatic heterocycles. The van der Waals surface area contributed by atoms with Crippen LogP contribution in [0.15, 0.2) is 24.4 Å². The van der Waals surface area contributed by atoms with Crippen molar-refractivity contribution in [3.63, 3.8) is 0 Å². The minimum absolute atomic E-state index is 0.151. The van der Waals surface area contributed by atoms with Gasteiger partial charge in [0, 0.05) is 38.9 Å². The van der Waals surface area contributed by atoms with E-state index in [1.807, 2.05) is 4.90 Å². The zero-order chi connectivity index (χ0) is 23.4. The monoisotopic (exact) mass is 452 g/mol. The zero-order valence-corrected chi connectivity index (χ0v) is 17.8. The van der Waals surface area contributed by atoms with Crippen molar-refractivity contribution in [2.24, 2.45) is 5.92 Å². The Kier molecular flexibility index (Phi) is 7.32. The van der Waals surface area contributed by atoms with Gasteiger partial charge in [-0.15, -0.1) is 0 Å². The van der Waals surface area contributed by atoms with Gasteiger partial charge in [-0.2, -0.15) is 0 Å². The molecule has 2 amide bonds. The number of anilines is 1. The lowest BCUT2D eigenvalue weighted by atomic mass is 10.1. The summed E-state index contributed by atoms with van der Waals surface area (Å²) in [7, 11) is 0. The molecule has 3 rings (SSSR count). The largest absolute Gasteiger partial charge is 0.353 e. The normalized spacial score (nSPS) is 14.1. The number of nitrogens with zero attached hydrogens (tertiary/aromatic N) is 3. The van der Waals surface area contributed by atoms with Crippen LogP contribution in [0.1, 0.15) is 41.0 Å². The third-order valence-corrected chi connectivity index (χ3v) is 5.24. The molecule has 0 spiro atoms. The summed E-state index contributed by atoms with van der Waals surface area (Å²) in [4.78, 5) is 32.0. The summed E-state index contributed by atoms with van der Waals surface area (Å²) < 4.78 is 53.9. The standard InChI is InChI=1S/C22H24F4N4O2/c1-13(2)5-6-27-21(31)14-3-4-17(28-12-14)29-7-9-30(10-8-29)22(32)15-11-16(23)19(25)20(26)18(15)24/h3-4,11-13H,5-10H2,1-2H3,(H,27,31). The van der Waals surface area contributed by atoms with E-state index in [-0.39, 0.29) is 19.0 Å². The summed E-state index contributed by atoms with van der Waals surface area (Å²) in [6.07, 6.45) is 2.35. The van der Waals surface area contributed by atoms with E-state index >= 15 is 0 Å². The molecule has 1 aliphatic rings. The van der Waals surface area contributed by atoms with E-state index in [0.717, 1.165) is 6.42 Å². The van der Waals surface area contributed by atoms with Crippen LogP contribution >= 0.6 is 0 Å². The number of benzene rings is 1. The molecular weight excluding hydrogens is 428 g/mol. The van der Waals surface area contributed by atoms with Gasteiger partial charge in [0.2, 0.25) is 0 Å². The molecule has 1 fully saturated rings. The molecule has 1 aromatic carbocycles. The van der Waals surface area contributed by atoms with Crippen molar-refractivity contribution in [2.45, 2.75) is 20.3 Å². The molecule has 0 aliphatic carbocycles. The average Bonchev–Trinajstić information content (AvgIpc) is 2.79. The molecule has 0 radical (unpaired) electrons. The van der Waals surface area contributed by atoms with E-state index in [2.05, 4.69) is 24.1 Å². The highest BCUT2D eigenvalue weighted by Gasteiger charge is 2.28. The topological polar surface area (TPSA) is 65.5 Å². The second-order valence-electron chi connectivity index (χ2n) is 7.97. The van der Waals surface area contributed by atoms with Gasteiger partial charge in [-0.1, -0.05) is 13.8 Å². The van der Waals surface area contributed by atoms with Crippen molar-refractivity contribution < 1.29 is 27.2 Å². The van der Waals surface area contributed by atoms with E-state index in [1.54, 1.807) is 12.1 Å². The van der Waals surface area contributed by atoms with Crippen LogP contribution in [0.3, 0.4) is 0 Å². The highest BCUT2D eigenvalue weighted by Crippen LogP contribution is 2.21. The van der Waals surface area contributed by atoms with Crippen LogP contribution in [0.5, 0.6) is 0 Å². The number of carbonyl (C=O) groups is 2. The fourth-order valence-electron chi connectivity index (χ4n) is 3.32. The third-order valence-electron chi connectivity index (χ3n) is 5.24. The smallest absolute Gasteiger partial charge is 0.257 e. The van der Waals surface area contributed by atoms with Crippen molar-refractivity contribution in [1.29, 1.82) is 0 Å². The van der Waals surface area contributed by atoms with Crippen LogP contribution < -0.4 is 10.2 Å². The molecule has 0 bridgehead atoms. The first-order valence-corrected chi connectivity index (χ1v) is 10.3. The van der Waals surface area contributed by atoms with Crippen LogP contribution in [0.4, 0.5) is 23.4 Å². The van der Waals surface area contributed by atoms with Gasteiger partial charge < -0.3 is 15.1 Å². The molecule has 1 N–H and O–H groups in total. The second kappa shape index (κ2) is 9.97. The molecule has 0 unspecified atom stereocenters. The van der Waals surface area contributed by atoms with E-state index < -0.39 is 34.7 Å². The summed E-state index contributed by atoms with van der Waals surface area (Å²) in [5.41, 5.74) is -0.414. The number of halogens is 4. The fourth-order valence-corrected chi connectivity index (χ4v) is 3.32. The summed E-state index contributed by atoms with van der Waals surface area (Å²) in [5, 5.41) is 2.83. The van der Waals surface area contributed by atoms with E-state index in [1.165, 1.54) is 11.1 Å². The molecule has 0 atom stereocenters. The molecular formula is C22H24F4N4O2. The molecule has 1 aromatic heterocycles. The highest BCUT2D eigenvalue weighted by atomic mass is 19.2.